The van der Waals surface area contributed by atoms with Crippen molar-refractivity contribution in [2.45, 2.75) is 0 Å². The fraction of sp³-hybridized carbons (Fsp3) is 0. The zero-order chi connectivity index (χ0) is 16.5. The number of nitrogens with zero attached hydrogens (tertiary/aromatic N) is 5. The molecule has 24 heavy (non-hydrogen) atoms. The van der Waals surface area contributed by atoms with Crippen molar-refractivity contribution >= 4 is 44.2 Å². The summed E-state index contributed by atoms with van der Waals surface area (Å²) in [5, 5.41) is 11.5. The zero-order valence-electron chi connectivity index (χ0n) is 12.4. The van der Waals surface area contributed by atoms with E-state index in [0.29, 0.717) is 17.3 Å². The van der Waals surface area contributed by atoms with E-state index in [-0.39, 0.29) is 0 Å². The highest BCUT2D eigenvalue weighted by atomic mass is 79.9. The Morgan fingerprint density at radius 3 is 2.62 bits per heavy atom. The first-order valence-corrected chi connectivity index (χ1v) is 7.95. The molecule has 118 valence electrons. The molecule has 0 aliphatic carbocycles. The van der Waals surface area contributed by atoms with Crippen LogP contribution in [0.25, 0.3) is 16.9 Å². The molecule has 0 atom stereocenters. The molecule has 0 radical (unpaired) electrons. The van der Waals surface area contributed by atoms with Crippen molar-refractivity contribution in [1.29, 1.82) is 0 Å². The lowest BCUT2D eigenvalue weighted by Gasteiger charge is -2.11. The third kappa shape index (κ3) is 2.56. The SMILES string of the molecule is Nc1c(Nc2ccc(Br)cc2)ncnc1-n1nnc2ccccc21. The van der Waals surface area contributed by atoms with E-state index in [9.17, 15) is 0 Å². The molecule has 2 aromatic heterocycles. The van der Waals surface area contributed by atoms with E-state index in [1.807, 2.05) is 48.5 Å². The maximum atomic E-state index is 6.26. The van der Waals surface area contributed by atoms with E-state index in [1.165, 1.54) is 6.33 Å². The van der Waals surface area contributed by atoms with Crippen molar-refractivity contribution < 1.29 is 0 Å². The Bertz CT molecular complexity index is 1010. The van der Waals surface area contributed by atoms with Gasteiger partial charge in [0.1, 0.15) is 17.5 Å². The minimum absolute atomic E-state index is 0.399. The van der Waals surface area contributed by atoms with Gasteiger partial charge in [0, 0.05) is 10.2 Å². The van der Waals surface area contributed by atoms with Crippen molar-refractivity contribution in [3.63, 3.8) is 0 Å². The number of hydrogen-bond donors (Lipinski definition) is 2. The Hall–Kier alpha value is -3.00. The third-order valence-electron chi connectivity index (χ3n) is 3.52. The smallest absolute Gasteiger partial charge is 0.184 e. The predicted octanol–water partition coefficient (Wildman–Crippen LogP) is 3.30. The molecule has 0 unspecified atom stereocenters. The summed E-state index contributed by atoms with van der Waals surface area (Å²) >= 11 is 3.41. The summed E-state index contributed by atoms with van der Waals surface area (Å²) in [6.07, 6.45) is 1.45. The van der Waals surface area contributed by atoms with Crippen LogP contribution in [0.3, 0.4) is 0 Å². The molecule has 2 heterocycles. The molecule has 0 spiro atoms. The largest absolute Gasteiger partial charge is 0.393 e. The number of anilines is 3. The van der Waals surface area contributed by atoms with Gasteiger partial charge in [-0.05, 0) is 36.4 Å². The second kappa shape index (κ2) is 5.89. The van der Waals surface area contributed by atoms with Crippen molar-refractivity contribution in [1.82, 2.24) is 25.0 Å². The van der Waals surface area contributed by atoms with Gasteiger partial charge in [-0.2, -0.15) is 4.68 Å². The van der Waals surface area contributed by atoms with E-state index in [0.717, 1.165) is 21.2 Å². The number of nitrogens with one attached hydrogen (secondary N) is 1. The normalized spacial score (nSPS) is 10.9. The molecule has 0 saturated carbocycles. The quantitative estimate of drug-likeness (QED) is 0.565. The van der Waals surface area contributed by atoms with Crippen molar-refractivity contribution in [2.75, 3.05) is 11.1 Å². The summed E-state index contributed by atoms with van der Waals surface area (Å²) in [4.78, 5) is 8.49. The number of rotatable bonds is 3. The highest BCUT2D eigenvalue weighted by Gasteiger charge is 2.14. The standard InChI is InChI=1S/C16H12BrN7/c17-10-5-7-11(8-6-10)21-15-14(18)16(20-9-19-15)24-13-4-2-1-3-12(13)22-23-24/h1-9H,18H2,(H,19,20,21). The summed E-state index contributed by atoms with van der Waals surface area (Å²) < 4.78 is 2.61. The number of fused-ring (bicyclic) bond motifs is 1. The highest BCUT2D eigenvalue weighted by molar-refractivity contribution is 9.10. The van der Waals surface area contributed by atoms with Gasteiger partial charge in [0.15, 0.2) is 11.6 Å². The average molecular weight is 382 g/mol. The van der Waals surface area contributed by atoms with E-state index in [2.05, 4.69) is 41.5 Å². The van der Waals surface area contributed by atoms with Crippen molar-refractivity contribution in [3.8, 4) is 5.82 Å². The monoisotopic (exact) mass is 381 g/mol. The molecule has 0 fully saturated rings. The Kier molecular flexibility index (Phi) is 3.58. The summed E-state index contributed by atoms with van der Waals surface area (Å²) in [6.45, 7) is 0. The molecule has 4 aromatic rings. The molecule has 4 rings (SSSR count). The number of nitrogens with two attached hydrogens (primary N) is 1. The third-order valence-corrected chi connectivity index (χ3v) is 4.05. The summed E-state index contributed by atoms with van der Waals surface area (Å²) in [7, 11) is 0. The van der Waals surface area contributed by atoms with Crippen LogP contribution in [-0.4, -0.2) is 25.0 Å². The van der Waals surface area contributed by atoms with Crippen LogP contribution in [0, 0.1) is 0 Å². The lowest BCUT2D eigenvalue weighted by molar-refractivity contribution is 0.800. The predicted molar refractivity (Wildman–Crippen MR) is 96.3 cm³/mol. The Morgan fingerprint density at radius 1 is 1.00 bits per heavy atom. The molecule has 0 amide bonds. The van der Waals surface area contributed by atoms with Gasteiger partial charge in [0.2, 0.25) is 0 Å². The number of benzene rings is 2. The van der Waals surface area contributed by atoms with Gasteiger partial charge in [-0.1, -0.05) is 33.3 Å². The Balaban J connectivity index is 1.77. The Labute approximate surface area is 145 Å². The molecule has 0 bridgehead atoms. The number of nitrogen functional groups attached to an aromatic ring is 1. The minimum Gasteiger partial charge on any atom is -0.393 e. The van der Waals surface area contributed by atoms with Gasteiger partial charge in [0.25, 0.3) is 0 Å². The van der Waals surface area contributed by atoms with Gasteiger partial charge >= 0.3 is 0 Å². The highest BCUT2D eigenvalue weighted by Crippen LogP contribution is 2.26. The molecule has 2 aromatic carbocycles. The zero-order valence-corrected chi connectivity index (χ0v) is 14.0. The second-order valence-corrected chi connectivity index (χ2v) is 6.00. The van der Waals surface area contributed by atoms with Crippen molar-refractivity contribution in [2.24, 2.45) is 0 Å². The molecule has 0 aliphatic rings. The minimum atomic E-state index is 0.399. The molecular formula is C16H12BrN7. The maximum absolute atomic E-state index is 6.26. The lowest BCUT2D eigenvalue weighted by Crippen LogP contribution is -2.08. The maximum Gasteiger partial charge on any atom is 0.184 e. The first-order valence-electron chi connectivity index (χ1n) is 7.16. The molecule has 3 N–H and O–H groups in total. The van der Waals surface area contributed by atoms with E-state index in [4.69, 9.17) is 5.73 Å². The fourth-order valence-corrected chi connectivity index (χ4v) is 2.61. The van der Waals surface area contributed by atoms with E-state index < -0.39 is 0 Å². The number of hydrogen-bond acceptors (Lipinski definition) is 6. The summed E-state index contributed by atoms with van der Waals surface area (Å²) in [6, 6.07) is 15.4. The topological polar surface area (TPSA) is 94.5 Å². The fourth-order valence-electron chi connectivity index (χ4n) is 2.35. The number of halogens is 1. The number of aromatic nitrogens is 5. The van der Waals surface area contributed by atoms with Crippen LogP contribution in [0.1, 0.15) is 0 Å². The first kappa shape index (κ1) is 14.6. The first-order chi connectivity index (χ1) is 11.7. The van der Waals surface area contributed by atoms with Crippen LogP contribution in [0.2, 0.25) is 0 Å². The van der Waals surface area contributed by atoms with Gasteiger partial charge < -0.3 is 11.1 Å². The average Bonchev–Trinajstić information content (AvgIpc) is 3.03. The van der Waals surface area contributed by atoms with Gasteiger partial charge in [-0.15, -0.1) is 5.10 Å². The van der Waals surface area contributed by atoms with Crippen LogP contribution < -0.4 is 11.1 Å². The van der Waals surface area contributed by atoms with Gasteiger partial charge in [0.05, 0.1) is 5.52 Å². The molecule has 8 heteroatoms. The van der Waals surface area contributed by atoms with Crippen LogP contribution in [0.4, 0.5) is 17.2 Å². The van der Waals surface area contributed by atoms with Gasteiger partial charge in [-0.3, -0.25) is 0 Å². The molecule has 7 nitrogen and oxygen atoms in total. The summed E-state index contributed by atoms with van der Waals surface area (Å²) in [5.41, 5.74) is 9.14. The van der Waals surface area contributed by atoms with Gasteiger partial charge in [-0.25, -0.2) is 9.97 Å². The molecule has 0 aliphatic heterocycles. The summed E-state index contributed by atoms with van der Waals surface area (Å²) in [5.74, 6) is 1.00. The van der Waals surface area contributed by atoms with Crippen LogP contribution >= 0.6 is 15.9 Å². The van der Waals surface area contributed by atoms with Crippen molar-refractivity contribution in [3.05, 3.63) is 59.3 Å². The second-order valence-electron chi connectivity index (χ2n) is 5.08. The van der Waals surface area contributed by atoms with Crippen LogP contribution in [-0.2, 0) is 0 Å². The Morgan fingerprint density at radius 2 is 1.79 bits per heavy atom. The molecular weight excluding hydrogens is 370 g/mol. The van der Waals surface area contributed by atoms with Crippen LogP contribution in [0.5, 0.6) is 0 Å². The number of para-hydroxylation sites is 1. The van der Waals surface area contributed by atoms with E-state index >= 15 is 0 Å². The van der Waals surface area contributed by atoms with E-state index in [1.54, 1.807) is 4.68 Å². The molecule has 0 saturated heterocycles. The van der Waals surface area contributed by atoms with Crippen LogP contribution in [0.15, 0.2) is 59.3 Å². The lowest BCUT2D eigenvalue weighted by atomic mass is 10.3.